The van der Waals surface area contributed by atoms with Crippen LogP contribution in [0.1, 0.15) is 52.9 Å². The molecular weight excluding hydrogens is 216 g/mol. The minimum atomic E-state index is -0.328. The summed E-state index contributed by atoms with van der Waals surface area (Å²) < 4.78 is 10.8. The highest BCUT2D eigenvalue weighted by atomic mass is 16.6. The van der Waals surface area contributed by atoms with E-state index < -0.39 is 0 Å². The third-order valence-corrected chi connectivity index (χ3v) is 2.48. The average Bonchev–Trinajstić information content (AvgIpc) is 2.31. The predicted octanol–water partition coefficient (Wildman–Crippen LogP) is 3.48. The Morgan fingerprint density at radius 1 is 1.24 bits per heavy atom. The molecule has 1 atom stereocenters. The molecule has 100 valence electrons. The van der Waals surface area contributed by atoms with Crippen LogP contribution in [-0.4, -0.2) is 25.3 Å². The van der Waals surface area contributed by atoms with E-state index in [0.717, 1.165) is 38.7 Å². The van der Waals surface area contributed by atoms with Gasteiger partial charge in [0.05, 0.1) is 6.10 Å². The van der Waals surface area contributed by atoms with Crippen LogP contribution >= 0.6 is 0 Å². The smallest absolute Gasteiger partial charge is 0.333 e. The van der Waals surface area contributed by atoms with Gasteiger partial charge in [0, 0.05) is 12.2 Å². The van der Waals surface area contributed by atoms with Crippen LogP contribution < -0.4 is 0 Å². The van der Waals surface area contributed by atoms with E-state index in [1.807, 2.05) is 0 Å². The predicted molar refractivity (Wildman–Crippen MR) is 69.9 cm³/mol. The molecule has 0 aromatic heterocycles. The molecule has 0 saturated carbocycles. The second-order valence-electron chi connectivity index (χ2n) is 4.37. The van der Waals surface area contributed by atoms with Crippen molar-refractivity contribution in [1.29, 1.82) is 0 Å². The molecule has 0 amide bonds. The summed E-state index contributed by atoms with van der Waals surface area (Å²) >= 11 is 0. The molecule has 0 aromatic rings. The highest BCUT2D eigenvalue weighted by Gasteiger charge is 2.12. The Morgan fingerprint density at radius 2 is 1.88 bits per heavy atom. The van der Waals surface area contributed by atoms with Gasteiger partial charge in [0.1, 0.15) is 6.61 Å². The quantitative estimate of drug-likeness (QED) is 0.334. The maximum Gasteiger partial charge on any atom is 0.333 e. The van der Waals surface area contributed by atoms with Crippen LogP contribution in [0.5, 0.6) is 0 Å². The molecule has 0 radical (unpaired) electrons. The van der Waals surface area contributed by atoms with Crippen LogP contribution in [0.25, 0.3) is 0 Å². The Morgan fingerprint density at radius 3 is 2.41 bits per heavy atom. The summed E-state index contributed by atoms with van der Waals surface area (Å²) in [6, 6.07) is 0. The second-order valence-corrected chi connectivity index (χ2v) is 4.37. The molecule has 0 fully saturated rings. The topological polar surface area (TPSA) is 35.5 Å². The standard InChI is InChI=1S/C14H26O3/c1-5-7-9-13(16-10-8-6-2)11-17-14(15)12(3)4/h13H,3,5-11H2,1-2,4H3. The maximum atomic E-state index is 11.3. The van der Waals surface area contributed by atoms with Crippen molar-refractivity contribution in [3.8, 4) is 0 Å². The fourth-order valence-corrected chi connectivity index (χ4v) is 1.33. The third kappa shape index (κ3) is 8.93. The number of rotatable bonds is 10. The Hall–Kier alpha value is -0.830. The van der Waals surface area contributed by atoms with Gasteiger partial charge < -0.3 is 9.47 Å². The summed E-state index contributed by atoms with van der Waals surface area (Å²) in [6.45, 7) is 10.6. The maximum absolute atomic E-state index is 11.3. The van der Waals surface area contributed by atoms with Gasteiger partial charge in [0.15, 0.2) is 0 Å². The van der Waals surface area contributed by atoms with E-state index in [2.05, 4.69) is 20.4 Å². The number of unbranched alkanes of at least 4 members (excludes halogenated alkanes) is 2. The minimum absolute atomic E-state index is 0.0322. The summed E-state index contributed by atoms with van der Waals surface area (Å²) in [5.41, 5.74) is 0.438. The van der Waals surface area contributed by atoms with E-state index in [0.29, 0.717) is 12.2 Å². The first-order valence-corrected chi connectivity index (χ1v) is 6.56. The molecule has 0 rings (SSSR count). The van der Waals surface area contributed by atoms with Gasteiger partial charge in [-0.25, -0.2) is 4.79 Å². The van der Waals surface area contributed by atoms with Crippen LogP contribution in [0.3, 0.4) is 0 Å². The van der Waals surface area contributed by atoms with E-state index >= 15 is 0 Å². The fraction of sp³-hybridized carbons (Fsp3) is 0.786. The van der Waals surface area contributed by atoms with Gasteiger partial charge in [0.25, 0.3) is 0 Å². The largest absolute Gasteiger partial charge is 0.460 e. The Balaban J connectivity index is 3.91. The van der Waals surface area contributed by atoms with Gasteiger partial charge in [0.2, 0.25) is 0 Å². The molecule has 0 aliphatic carbocycles. The zero-order chi connectivity index (χ0) is 13.1. The minimum Gasteiger partial charge on any atom is -0.460 e. The molecule has 0 aliphatic heterocycles. The Labute approximate surface area is 105 Å². The Kier molecular flexibility index (Phi) is 9.83. The van der Waals surface area contributed by atoms with Crippen LogP contribution in [0.4, 0.5) is 0 Å². The molecule has 0 heterocycles. The molecule has 0 bridgehead atoms. The van der Waals surface area contributed by atoms with Crippen molar-refractivity contribution in [3.05, 3.63) is 12.2 Å². The first-order chi connectivity index (χ1) is 8.11. The SMILES string of the molecule is C=C(C)C(=O)OCC(CCCC)OCCCC. The number of hydrogen-bond acceptors (Lipinski definition) is 3. The van der Waals surface area contributed by atoms with Gasteiger partial charge >= 0.3 is 5.97 Å². The van der Waals surface area contributed by atoms with E-state index in [1.165, 1.54) is 0 Å². The molecule has 0 aliphatic rings. The lowest BCUT2D eigenvalue weighted by atomic mass is 10.2. The zero-order valence-electron chi connectivity index (χ0n) is 11.5. The fourth-order valence-electron chi connectivity index (χ4n) is 1.33. The van der Waals surface area contributed by atoms with E-state index in [-0.39, 0.29) is 12.1 Å². The first kappa shape index (κ1) is 16.2. The van der Waals surface area contributed by atoms with Crippen molar-refractivity contribution in [3.63, 3.8) is 0 Å². The number of esters is 1. The van der Waals surface area contributed by atoms with Gasteiger partial charge in [-0.15, -0.1) is 0 Å². The summed E-state index contributed by atoms with van der Waals surface area (Å²) in [4.78, 5) is 11.3. The molecule has 0 aromatic carbocycles. The van der Waals surface area contributed by atoms with Crippen molar-refractivity contribution < 1.29 is 14.3 Å². The molecule has 3 nitrogen and oxygen atoms in total. The average molecular weight is 242 g/mol. The van der Waals surface area contributed by atoms with Gasteiger partial charge in [-0.3, -0.25) is 0 Å². The molecule has 0 spiro atoms. The lowest BCUT2D eigenvalue weighted by Crippen LogP contribution is -2.23. The van der Waals surface area contributed by atoms with Crippen molar-refractivity contribution in [2.45, 2.75) is 59.0 Å². The molecule has 0 N–H and O–H groups in total. The number of carbonyl (C=O) groups is 1. The molecule has 1 unspecified atom stereocenters. The third-order valence-electron chi connectivity index (χ3n) is 2.48. The number of hydrogen-bond donors (Lipinski definition) is 0. The number of ether oxygens (including phenoxy) is 2. The summed E-state index contributed by atoms with van der Waals surface area (Å²) in [5, 5.41) is 0. The van der Waals surface area contributed by atoms with Crippen LogP contribution in [-0.2, 0) is 14.3 Å². The van der Waals surface area contributed by atoms with Gasteiger partial charge in [-0.1, -0.05) is 39.7 Å². The highest BCUT2D eigenvalue weighted by Crippen LogP contribution is 2.08. The van der Waals surface area contributed by atoms with E-state index in [1.54, 1.807) is 6.92 Å². The van der Waals surface area contributed by atoms with Crippen molar-refractivity contribution in [2.24, 2.45) is 0 Å². The molecule has 0 saturated heterocycles. The van der Waals surface area contributed by atoms with Gasteiger partial charge in [-0.05, 0) is 19.8 Å². The zero-order valence-corrected chi connectivity index (χ0v) is 11.5. The van der Waals surface area contributed by atoms with Gasteiger partial charge in [-0.2, -0.15) is 0 Å². The summed E-state index contributed by atoms with van der Waals surface area (Å²) in [7, 11) is 0. The molecular formula is C14H26O3. The second kappa shape index (κ2) is 10.3. The summed E-state index contributed by atoms with van der Waals surface area (Å²) in [6.07, 6.45) is 5.38. The monoisotopic (exact) mass is 242 g/mol. The molecule has 17 heavy (non-hydrogen) atoms. The van der Waals surface area contributed by atoms with Crippen molar-refractivity contribution in [1.82, 2.24) is 0 Å². The van der Waals surface area contributed by atoms with Crippen molar-refractivity contribution in [2.75, 3.05) is 13.2 Å². The van der Waals surface area contributed by atoms with Crippen molar-refractivity contribution >= 4 is 5.97 Å². The van der Waals surface area contributed by atoms with E-state index in [9.17, 15) is 4.79 Å². The lowest BCUT2D eigenvalue weighted by Gasteiger charge is -2.17. The normalized spacial score (nSPS) is 12.2. The number of carbonyl (C=O) groups excluding carboxylic acids is 1. The first-order valence-electron chi connectivity index (χ1n) is 6.56. The van der Waals surface area contributed by atoms with E-state index in [4.69, 9.17) is 9.47 Å². The van der Waals surface area contributed by atoms with Crippen LogP contribution in [0.15, 0.2) is 12.2 Å². The lowest BCUT2D eigenvalue weighted by molar-refractivity contribution is -0.143. The van der Waals surface area contributed by atoms with Crippen LogP contribution in [0, 0.1) is 0 Å². The summed E-state index contributed by atoms with van der Waals surface area (Å²) in [5.74, 6) is -0.328. The van der Waals surface area contributed by atoms with Crippen LogP contribution in [0.2, 0.25) is 0 Å². The Bertz CT molecular complexity index is 224. The highest BCUT2D eigenvalue weighted by molar-refractivity contribution is 5.86. The molecule has 3 heteroatoms.